The number of benzene rings is 4. The fourth-order valence-corrected chi connectivity index (χ4v) is 4.07. The van der Waals surface area contributed by atoms with Crippen LogP contribution >= 0.6 is 22.6 Å². The van der Waals surface area contributed by atoms with Crippen LogP contribution in [0.15, 0.2) is 78.9 Å². The van der Waals surface area contributed by atoms with Gasteiger partial charge in [0.05, 0.1) is 0 Å². The molecule has 4 rings (SSSR count). The number of amides is 1. The van der Waals surface area contributed by atoms with E-state index in [1.165, 1.54) is 19.9 Å². The van der Waals surface area contributed by atoms with Crippen molar-refractivity contribution in [2.45, 2.75) is 6.42 Å². The van der Waals surface area contributed by atoms with Gasteiger partial charge in [-0.15, -0.1) is 0 Å². The highest BCUT2D eigenvalue weighted by Crippen LogP contribution is 2.30. The molecule has 1 amide bonds. The van der Waals surface area contributed by atoms with Gasteiger partial charge in [0.2, 0.25) is 0 Å². The van der Waals surface area contributed by atoms with Gasteiger partial charge in [0, 0.05) is 15.7 Å². The van der Waals surface area contributed by atoms with Crippen molar-refractivity contribution < 1.29 is 4.79 Å². The van der Waals surface area contributed by atoms with E-state index in [-0.39, 0.29) is 5.91 Å². The number of nitrogens with one attached hydrogen (secondary N) is 1. The topological polar surface area (TPSA) is 29.1 Å². The summed E-state index contributed by atoms with van der Waals surface area (Å²) in [4.78, 5) is 12.6. The van der Waals surface area contributed by atoms with E-state index in [0.29, 0.717) is 12.1 Å². The predicted molar refractivity (Wildman–Crippen MR) is 117 cm³/mol. The Kier molecular flexibility index (Phi) is 4.89. The monoisotopic (exact) mass is 451 g/mol. The summed E-state index contributed by atoms with van der Waals surface area (Å²) in [5, 5.41) is 7.73. The highest BCUT2D eigenvalue weighted by molar-refractivity contribution is 14.1. The maximum atomic E-state index is 12.6. The standard InChI is InChI=1S/C23H18INO/c24-22-15-17-10-11-18(14-21(17)19-8-4-5-9-20(19)22)23(26)25-13-12-16-6-2-1-3-7-16/h1-11,14-15H,12-13H2,(H,25,26). The quantitative estimate of drug-likeness (QED) is 0.319. The highest BCUT2D eigenvalue weighted by atomic mass is 127. The van der Waals surface area contributed by atoms with E-state index in [9.17, 15) is 4.79 Å². The van der Waals surface area contributed by atoms with Crippen molar-refractivity contribution in [1.82, 2.24) is 5.32 Å². The van der Waals surface area contributed by atoms with Crippen molar-refractivity contribution in [3.05, 3.63) is 93.6 Å². The zero-order valence-corrected chi connectivity index (χ0v) is 16.4. The minimum atomic E-state index is -0.0227. The molecule has 0 bridgehead atoms. The lowest BCUT2D eigenvalue weighted by atomic mass is 10.00. The Morgan fingerprint density at radius 2 is 1.54 bits per heavy atom. The summed E-state index contributed by atoms with van der Waals surface area (Å²) in [5.74, 6) is -0.0227. The SMILES string of the molecule is O=C(NCCc1ccccc1)c1ccc2cc(I)c3ccccc3c2c1. The van der Waals surface area contributed by atoms with E-state index < -0.39 is 0 Å². The average molecular weight is 451 g/mol. The van der Waals surface area contributed by atoms with Gasteiger partial charge in [-0.05, 0) is 74.3 Å². The highest BCUT2D eigenvalue weighted by Gasteiger charge is 2.09. The smallest absolute Gasteiger partial charge is 0.251 e. The van der Waals surface area contributed by atoms with Crippen LogP contribution in [0.3, 0.4) is 0 Å². The van der Waals surface area contributed by atoms with Crippen molar-refractivity contribution in [2.75, 3.05) is 6.54 Å². The first-order chi connectivity index (χ1) is 12.7. The fourth-order valence-electron chi connectivity index (χ4n) is 3.26. The molecule has 26 heavy (non-hydrogen) atoms. The molecule has 0 fully saturated rings. The van der Waals surface area contributed by atoms with Crippen LogP contribution < -0.4 is 5.32 Å². The van der Waals surface area contributed by atoms with Gasteiger partial charge in [0.15, 0.2) is 0 Å². The van der Waals surface area contributed by atoms with Gasteiger partial charge >= 0.3 is 0 Å². The Bertz CT molecular complexity index is 1090. The van der Waals surface area contributed by atoms with E-state index in [1.807, 2.05) is 42.5 Å². The molecular formula is C23H18INO. The number of halogens is 1. The summed E-state index contributed by atoms with van der Waals surface area (Å²) in [6.45, 7) is 0.633. The Balaban J connectivity index is 1.59. The third-order valence-corrected chi connectivity index (χ3v) is 5.51. The van der Waals surface area contributed by atoms with Crippen molar-refractivity contribution in [2.24, 2.45) is 0 Å². The predicted octanol–water partition coefficient (Wildman–Crippen LogP) is 5.57. The van der Waals surface area contributed by atoms with Crippen LogP contribution in [-0.4, -0.2) is 12.5 Å². The van der Waals surface area contributed by atoms with Crippen LogP contribution in [0.5, 0.6) is 0 Å². The van der Waals surface area contributed by atoms with Gasteiger partial charge < -0.3 is 5.32 Å². The molecular weight excluding hydrogens is 433 g/mol. The Morgan fingerprint density at radius 1 is 0.808 bits per heavy atom. The molecule has 0 saturated carbocycles. The summed E-state index contributed by atoms with van der Waals surface area (Å²) in [6.07, 6.45) is 0.835. The van der Waals surface area contributed by atoms with Gasteiger partial charge in [-0.3, -0.25) is 4.79 Å². The summed E-state index contributed by atoms with van der Waals surface area (Å²) >= 11 is 2.37. The zero-order chi connectivity index (χ0) is 17.9. The van der Waals surface area contributed by atoms with Crippen LogP contribution in [0.1, 0.15) is 15.9 Å². The Morgan fingerprint density at radius 3 is 2.35 bits per heavy atom. The summed E-state index contributed by atoms with van der Waals surface area (Å²) in [5.41, 5.74) is 1.93. The molecule has 1 N–H and O–H groups in total. The first-order valence-electron chi connectivity index (χ1n) is 8.65. The Labute approximate surface area is 166 Å². The minimum absolute atomic E-state index is 0.0227. The lowest BCUT2D eigenvalue weighted by Crippen LogP contribution is -2.25. The van der Waals surface area contributed by atoms with Gasteiger partial charge in [-0.1, -0.05) is 60.7 Å². The minimum Gasteiger partial charge on any atom is -0.352 e. The maximum Gasteiger partial charge on any atom is 0.251 e. The molecule has 3 heteroatoms. The summed E-state index contributed by atoms with van der Waals surface area (Å²) < 4.78 is 1.23. The lowest BCUT2D eigenvalue weighted by molar-refractivity contribution is 0.0954. The van der Waals surface area contributed by atoms with Gasteiger partial charge in [-0.25, -0.2) is 0 Å². The first-order valence-corrected chi connectivity index (χ1v) is 9.73. The van der Waals surface area contributed by atoms with Crippen LogP contribution in [0.4, 0.5) is 0 Å². The van der Waals surface area contributed by atoms with Gasteiger partial charge in [0.1, 0.15) is 0 Å². The number of rotatable bonds is 4. The number of carbonyl (C=O) groups excluding carboxylic acids is 1. The van der Waals surface area contributed by atoms with Crippen molar-refractivity contribution in [3.8, 4) is 0 Å². The first kappa shape index (κ1) is 17.0. The van der Waals surface area contributed by atoms with Crippen molar-refractivity contribution in [3.63, 3.8) is 0 Å². The molecule has 0 unspecified atom stereocenters. The van der Waals surface area contributed by atoms with Crippen LogP contribution in [0.2, 0.25) is 0 Å². The van der Waals surface area contributed by atoms with E-state index in [4.69, 9.17) is 0 Å². The lowest BCUT2D eigenvalue weighted by Gasteiger charge is -2.09. The molecule has 0 atom stereocenters. The molecule has 0 aliphatic rings. The van der Waals surface area contributed by atoms with E-state index in [2.05, 4.69) is 64.3 Å². The second-order valence-corrected chi connectivity index (χ2v) is 7.49. The largest absolute Gasteiger partial charge is 0.352 e. The van der Waals surface area contributed by atoms with Crippen molar-refractivity contribution in [1.29, 1.82) is 0 Å². The summed E-state index contributed by atoms with van der Waals surface area (Å²) in [7, 11) is 0. The van der Waals surface area contributed by atoms with Crippen molar-refractivity contribution >= 4 is 50.0 Å². The molecule has 4 aromatic carbocycles. The molecule has 0 radical (unpaired) electrons. The maximum absolute atomic E-state index is 12.6. The zero-order valence-electron chi connectivity index (χ0n) is 14.2. The number of fused-ring (bicyclic) bond motifs is 3. The molecule has 128 valence electrons. The average Bonchev–Trinajstić information content (AvgIpc) is 2.69. The fraction of sp³-hybridized carbons (Fsp3) is 0.0870. The molecule has 2 nitrogen and oxygen atoms in total. The molecule has 0 aliphatic carbocycles. The van der Waals surface area contributed by atoms with Crippen LogP contribution in [0.25, 0.3) is 21.5 Å². The summed E-state index contributed by atoms with van der Waals surface area (Å²) in [6, 6.07) is 26.7. The second kappa shape index (κ2) is 7.46. The normalized spacial score (nSPS) is 11.0. The molecule has 0 saturated heterocycles. The molecule has 0 aliphatic heterocycles. The third kappa shape index (κ3) is 3.44. The van der Waals surface area contributed by atoms with Gasteiger partial charge in [-0.2, -0.15) is 0 Å². The van der Waals surface area contributed by atoms with Crippen LogP contribution in [0, 0.1) is 3.57 Å². The Hall–Kier alpha value is -2.40. The number of hydrogen-bond acceptors (Lipinski definition) is 1. The van der Waals surface area contributed by atoms with Crippen LogP contribution in [-0.2, 0) is 6.42 Å². The molecule has 0 aromatic heterocycles. The van der Waals surface area contributed by atoms with E-state index in [1.54, 1.807) is 0 Å². The van der Waals surface area contributed by atoms with E-state index >= 15 is 0 Å². The van der Waals surface area contributed by atoms with Gasteiger partial charge in [0.25, 0.3) is 5.91 Å². The molecule has 4 aromatic rings. The number of carbonyl (C=O) groups is 1. The number of hydrogen-bond donors (Lipinski definition) is 1. The molecule has 0 heterocycles. The van der Waals surface area contributed by atoms with E-state index in [0.717, 1.165) is 17.2 Å². The third-order valence-electron chi connectivity index (χ3n) is 4.61. The molecule has 0 spiro atoms. The second-order valence-electron chi connectivity index (χ2n) is 6.33.